The zero-order valence-corrected chi connectivity index (χ0v) is 11.0. The van der Waals surface area contributed by atoms with E-state index in [2.05, 4.69) is 21.8 Å². The highest BCUT2D eigenvalue weighted by Gasteiger charge is 2.37. The number of pyridine rings is 1. The van der Waals surface area contributed by atoms with Gasteiger partial charge >= 0.3 is 0 Å². The van der Waals surface area contributed by atoms with Gasteiger partial charge in [0.2, 0.25) is 0 Å². The van der Waals surface area contributed by atoms with Gasteiger partial charge in [0.25, 0.3) is 0 Å². The molecular weight excluding hydrogens is 240 g/mol. The summed E-state index contributed by atoms with van der Waals surface area (Å²) in [4.78, 5) is 11.3. The van der Waals surface area contributed by atoms with Gasteiger partial charge in [-0.2, -0.15) is 0 Å². The van der Waals surface area contributed by atoms with Gasteiger partial charge in [-0.25, -0.2) is 4.98 Å². The second-order valence-electron chi connectivity index (χ2n) is 4.97. The molecule has 19 heavy (non-hydrogen) atoms. The number of fused-ring (bicyclic) bond motifs is 3. The van der Waals surface area contributed by atoms with Crippen LogP contribution in [0.15, 0.2) is 29.5 Å². The third kappa shape index (κ3) is 2.16. The molecule has 5 heteroatoms. The number of nitrogens with zero attached hydrogens (tertiary/aromatic N) is 3. The lowest BCUT2D eigenvalue weighted by molar-refractivity contribution is 0.267. The fourth-order valence-corrected chi connectivity index (χ4v) is 2.73. The molecule has 1 aromatic heterocycles. The Hall–Kier alpha value is -2.04. The van der Waals surface area contributed by atoms with E-state index in [1.165, 1.54) is 6.20 Å². The van der Waals surface area contributed by atoms with E-state index in [1.807, 2.05) is 12.3 Å². The summed E-state index contributed by atoms with van der Waals surface area (Å²) in [6.07, 6.45) is 7.87. The molecule has 0 spiro atoms. The smallest absolute Gasteiger partial charge is 0.172 e. The first kappa shape index (κ1) is 12.0. The zero-order valence-electron chi connectivity index (χ0n) is 11.0. The Kier molecular flexibility index (Phi) is 3.11. The van der Waals surface area contributed by atoms with E-state index in [-0.39, 0.29) is 6.04 Å². The molecule has 0 saturated carbocycles. The van der Waals surface area contributed by atoms with Gasteiger partial charge in [0.05, 0.1) is 12.1 Å². The first-order chi connectivity index (χ1) is 9.29. The SMILES string of the molecule is Cc1ccnc2c1OCC1CC(N=CC=CN)CN21. The molecule has 0 aliphatic carbocycles. The van der Waals surface area contributed by atoms with E-state index in [4.69, 9.17) is 10.5 Å². The lowest BCUT2D eigenvalue weighted by atomic mass is 10.1. The van der Waals surface area contributed by atoms with Crippen molar-refractivity contribution in [2.75, 3.05) is 18.1 Å². The van der Waals surface area contributed by atoms with E-state index < -0.39 is 0 Å². The number of anilines is 1. The topological polar surface area (TPSA) is 63.7 Å². The second-order valence-corrected chi connectivity index (χ2v) is 4.97. The van der Waals surface area contributed by atoms with Gasteiger partial charge in [-0.15, -0.1) is 0 Å². The fourth-order valence-electron chi connectivity index (χ4n) is 2.73. The van der Waals surface area contributed by atoms with Crippen molar-refractivity contribution in [1.82, 2.24) is 4.98 Å². The van der Waals surface area contributed by atoms with Crippen molar-refractivity contribution in [2.24, 2.45) is 10.7 Å². The highest BCUT2D eigenvalue weighted by molar-refractivity contribution is 5.71. The summed E-state index contributed by atoms with van der Waals surface area (Å²) in [7, 11) is 0. The maximum atomic E-state index is 5.85. The van der Waals surface area contributed by atoms with Gasteiger partial charge in [-0.1, -0.05) is 0 Å². The molecule has 1 saturated heterocycles. The standard InChI is InChI=1S/C14H18N4O/c1-10-3-6-17-14-13(10)19-9-12-7-11(8-18(12)14)16-5-2-4-15/h2-6,11-12H,7-9,15H2,1H3. The molecule has 2 aliphatic heterocycles. The van der Waals surface area contributed by atoms with Crippen molar-refractivity contribution in [1.29, 1.82) is 0 Å². The predicted molar refractivity (Wildman–Crippen MR) is 75.8 cm³/mol. The van der Waals surface area contributed by atoms with E-state index in [0.717, 1.165) is 36.7 Å². The van der Waals surface area contributed by atoms with Crippen molar-refractivity contribution in [3.05, 3.63) is 30.1 Å². The third-order valence-corrected chi connectivity index (χ3v) is 3.66. The molecule has 100 valence electrons. The molecule has 2 aliphatic rings. The number of aromatic nitrogens is 1. The van der Waals surface area contributed by atoms with Crippen LogP contribution in [0.2, 0.25) is 0 Å². The highest BCUT2D eigenvalue weighted by atomic mass is 16.5. The van der Waals surface area contributed by atoms with Gasteiger partial charge in [-0.3, -0.25) is 4.99 Å². The summed E-state index contributed by atoms with van der Waals surface area (Å²) in [5.41, 5.74) is 6.44. The van der Waals surface area contributed by atoms with Gasteiger partial charge in [0.15, 0.2) is 11.6 Å². The average Bonchev–Trinajstić information content (AvgIpc) is 2.82. The van der Waals surface area contributed by atoms with Crippen LogP contribution in [-0.2, 0) is 0 Å². The minimum atomic E-state index is 0.290. The number of aryl methyl sites for hydroxylation is 1. The van der Waals surface area contributed by atoms with Crippen LogP contribution in [-0.4, -0.2) is 36.4 Å². The molecule has 2 N–H and O–H groups in total. The maximum Gasteiger partial charge on any atom is 0.172 e. The molecule has 2 unspecified atom stereocenters. The number of hydrogen-bond donors (Lipinski definition) is 1. The first-order valence-electron chi connectivity index (χ1n) is 6.54. The lowest BCUT2D eigenvalue weighted by Gasteiger charge is -2.32. The van der Waals surface area contributed by atoms with Gasteiger partial charge < -0.3 is 15.4 Å². The van der Waals surface area contributed by atoms with E-state index >= 15 is 0 Å². The summed E-state index contributed by atoms with van der Waals surface area (Å²) in [6.45, 7) is 3.67. The Morgan fingerprint density at radius 3 is 3.32 bits per heavy atom. The van der Waals surface area contributed by atoms with Crippen molar-refractivity contribution in [3.8, 4) is 5.75 Å². The monoisotopic (exact) mass is 258 g/mol. The molecule has 3 rings (SSSR count). The molecule has 0 amide bonds. The van der Waals surface area contributed by atoms with Crippen LogP contribution >= 0.6 is 0 Å². The minimum Gasteiger partial charge on any atom is -0.487 e. The lowest BCUT2D eigenvalue weighted by Crippen LogP contribution is -2.39. The number of nitrogens with two attached hydrogens (primary N) is 1. The van der Waals surface area contributed by atoms with Crippen molar-refractivity contribution >= 4 is 12.0 Å². The number of ether oxygens (including phenoxy) is 1. The molecule has 0 radical (unpaired) electrons. The quantitative estimate of drug-likeness (QED) is 0.811. The Labute approximate surface area is 112 Å². The third-order valence-electron chi connectivity index (χ3n) is 3.66. The molecule has 0 bridgehead atoms. The second kappa shape index (κ2) is 4.91. The summed E-state index contributed by atoms with van der Waals surface area (Å²) in [5, 5.41) is 0. The van der Waals surface area contributed by atoms with Crippen LogP contribution in [0, 0.1) is 6.92 Å². The van der Waals surface area contributed by atoms with Crippen LogP contribution in [0.5, 0.6) is 5.75 Å². The van der Waals surface area contributed by atoms with Crippen LogP contribution < -0.4 is 15.4 Å². The molecule has 1 aromatic rings. The largest absolute Gasteiger partial charge is 0.487 e. The van der Waals surface area contributed by atoms with Gasteiger partial charge in [0.1, 0.15) is 6.61 Å². The summed E-state index contributed by atoms with van der Waals surface area (Å²) in [5.74, 6) is 1.88. The predicted octanol–water partition coefficient (Wildman–Crippen LogP) is 1.27. The maximum absolute atomic E-state index is 5.85. The Morgan fingerprint density at radius 1 is 1.58 bits per heavy atom. The van der Waals surface area contributed by atoms with E-state index in [9.17, 15) is 0 Å². The molecule has 5 nitrogen and oxygen atoms in total. The van der Waals surface area contributed by atoms with Gasteiger partial charge in [0, 0.05) is 19.0 Å². The van der Waals surface area contributed by atoms with Crippen LogP contribution in [0.25, 0.3) is 0 Å². The van der Waals surface area contributed by atoms with E-state index in [0.29, 0.717) is 6.04 Å². The Balaban J connectivity index is 1.82. The molecule has 1 fully saturated rings. The summed E-state index contributed by atoms with van der Waals surface area (Å²) >= 11 is 0. The first-order valence-corrected chi connectivity index (χ1v) is 6.54. The van der Waals surface area contributed by atoms with E-state index in [1.54, 1.807) is 12.3 Å². The Bertz CT molecular complexity index is 526. The normalized spacial score (nSPS) is 25.6. The average molecular weight is 258 g/mol. The molecule has 3 heterocycles. The fraction of sp³-hybridized carbons (Fsp3) is 0.429. The number of allylic oxidation sites excluding steroid dienone is 1. The number of hydrogen-bond acceptors (Lipinski definition) is 5. The number of aliphatic imine (C=N–C) groups is 1. The van der Waals surface area contributed by atoms with Crippen LogP contribution in [0.3, 0.4) is 0 Å². The zero-order chi connectivity index (χ0) is 13.2. The van der Waals surface area contributed by atoms with Crippen molar-refractivity contribution in [3.63, 3.8) is 0 Å². The summed E-state index contributed by atoms with van der Waals surface area (Å²) < 4.78 is 5.85. The highest BCUT2D eigenvalue weighted by Crippen LogP contribution is 2.38. The summed E-state index contributed by atoms with van der Waals surface area (Å²) in [6, 6.07) is 2.65. The molecule has 2 atom stereocenters. The Morgan fingerprint density at radius 2 is 2.47 bits per heavy atom. The van der Waals surface area contributed by atoms with Crippen molar-refractivity contribution < 1.29 is 4.74 Å². The molecular formula is C14H18N4O. The van der Waals surface area contributed by atoms with Crippen LogP contribution in [0.4, 0.5) is 5.82 Å². The van der Waals surface area contributed by atoms with Crippen LogP contribution in [0.1, 0.15) is 12.0 Å². The molecule has 0 aromatic carbocycles. The number of rotatable bonds is 2. The van der Waals surface area contributed by atoms with Crippen molar-refractivity contribution in [2.45, 2.75) is 25.4 Å². The van der Waals surface area contributed by atoms with Gasteiger partial charge in [-0.05, 0) is 37.3 Å². The minimum absolute atomic E-state index is 0.290.